The summed E-state index contributed by atoms with van der Waals surface area (Å²) >= 11 is 0. The number of carbonyl (C=O) groups is 3. The van der Waals surface area contributed by atoms with Gasteiger partial charge in [-0.2, -0.15) is 0 Å². The Morgan fingerprint density at radius 2 is 1.74 bits per heavy atom. The number of hydrogen-bond donors (Lipinski definition) is 5. The Morgan fingerprint density at radius 3 is 2.11 bits per heavy atom. The van der Waals surface area contributed by atoms with Gasteiger partial charge in [0.2, 0.25) is 0 Å². The molecule has 0 aliphatic rings. The van der Waals surface area contributed by atoms with Crippen LogP contribution in [-0.4, -0.2) is 57.1 Å². The fourth-order valence-electron chi connectivity index (χ4n) is 0.972. The monoisotopic (exact) mass is 311 g/mol. The highest BCUT2D eigenvalue weighted by Crippen LogP contribution is 2.26. The molecule has 10 heteroatoms. The summed E-state index contributed by atoms with van der Waals surface area (Å²) in [6, 6.07) is -2.05. The highest BCUT2D eigenvalue weighted by Gasteiger charge is 2.43. The van der Waals surface area contributed by atoms with E-state index >= 15 is 0 Å². The smallest absolute Gasteiger partial charge is 0.332 e. The molecule has 0 saturated heterocycles. The number of hydrogen-bond acceptors (Lipinski definition) is 8. The molecule has 0 aromatic carbocycles. The molecule has 8 nitrogen and oxygen atoms in total. The average molecular weight is 311 g/mol. The van der Waals surface area contributed by atoms with Gasteiger partial charge in [0, 0.05) is 11.5 Å². The van der Waals surface area contributed by atoms with Crippen LogP contribution < -0.4 is 17.2 Å². The largest absolute Gasteiger partial charge is 0.480 e. The van der Waals surface area contributed by atoms with E-state index in [2.05, 4.69) is 0 Å². The fraction of sp³-hybridized carbons (Fsp3) is 0.667. The third-order valence-corrected chi connectivity index (χ3v) is 4.67. The molecule has 3 atom stereocenters. The fourth-order valence-corrected chi connectivity index (χ4v) is 3.43. The van der Waals surface area contributed by atoms with Crippen LogP contribution in [0.25, 0.3) is 0 Å². The van der Waals surface area contributed by atoms with Crippen LogP contribution in [-0.2, 0) is 14.4 Å². The van der Waals surface area contributed by atoms with E-state index in [0.717, 1.165) is 21.6 Å². The van der Waals surface area contributed by atoms with Gasteiger partial charge in [-0.15, -0.1) is 0 Å². The van der Waals surface area contributed by atoms with Crippen molar-refractivity contribution in [3.63, 3.8) is 0 Å². The molecule has 0 spiro atoms. The van der Waals surface area contributed by atoms with Crippen molar-refractivity contribution in [2.75, 3.05) is 11.5 Å². The molecule has 0 radical (unpaired) electrons. The average Bonchev–Trinajstić information content (AvgIpc) is 2.32. The Hall–Kier alpha value is -0.810. The molecule has 0 rings (SSSR count). The van der Waals surface area contributed by atoms with Crippen LogP contribution in [0.2, 0.25) is 0 Å². The lowest BCUT2D eigenvalue weighted by atomic mass is 9.93. The summed E-state index contributed by atoms with van der Waals surface area (Å²) in [5, 5.41) is 17.6. The van der Waals surface area contributed by atoms with Gasteiger partial charge in [0.15, 0.2) is 11.3 Å². The maximum atomic E-state index is 11.7. The van der Waals surface area contributed by atoms with Crippen molar-refractivity contribution >= 4 is 39.3 Å². The first kappa shape index (κ1) is 18.2. The maximum absolute atomic E-state index is 11.7. The van der Waals surface area contributed by atoms with E-state index in [9.17, 15) is 14.4 Å². The lowest BCUT2D eigenvalue weighted by Crippen LogP contribution is -2.61. The van der Waals surface area contributed by atoms with Gasteiger partial charge < -0.3 is 27.4 Å². The second kappa shape index (κ2) is 7.70. The van der Waals surface area contributed by atoms with Crippen LogP contribution in [0.4, 0.5) is 0 Å². The Morgan fingerprint density at radius 1 is 1.21 bits per heavy atom. The zero-order valence-electron chi connectivity index (χ0n) is 10.2. The number of ketones is 1. The Bertz CT molecular complexity index is 366. The summed E-state index contributed by atoms with van der Waals surface area (Å²) in [6.07, 6.45) is 0. The van der Waals surface area contributed by atoms with E-state index in [0.29, 0.717) is 0 Å². The minimum absolute atomic E-state index is 0.0715. The highest BCUT2D eigenvalue weighted by atomic mass is 33.1. The van der Waals surface area contributed by atoms with Gasteiger partial charge in [0.25, 0.3) is 0 Å². The van der Waals surface area contributed by atoms with E-state index in [1.54, 1.807) is 0 Å². The first-order chi connectivity index (χ1) is 8.62. The van der Waals surface area contributed by atoms with Gasteiger partial charge in [-0.05, 0) is 6.92 Å². The molecule has 0 aliphatic heterocycles. The number of aliphatic carboxylic acids is 2. The number of nitrogens with two attached hydrogens (primary N) is 3. The molecule has 8 N–H and O–H groups in total. The second-order valence-corrected chi connectivity index (χ2v) is 6.43. The number of carboxylic acid groups (broad SMARTS) is 2. The van der Waals surface area contributed by atoms with Gasteiger partial charge in [-0.25, -0.2) is 4.79 Å². The minimum Gasteiger partial charge on any atom is -0.480 e. The SMILES string of the molecule is C[C@H](N)C(=O)[C@](N)(CSSC[C@H](N)C(=O)O)C(=O)O. The number of rotatable bonds is 9. The molecular formula is C9H17N3O5S2. The first-order valence-electron chi connectivity index (χ1n) is 5.18. The van der Waals surface area contributed by atoms with Crippen LogP contribution in [0.1, 0.15) is 6.92 Å². The highest BCUT2D eigenvalue weighted by molar-refractivity contribution is 8.76. The van der Waals surface area contributed by atoms with Crippen molar-refractivity contribution in [3.8, 4) is 0 Å². The van der Waals surface area contributed by atoms with E-state index in [1.165, 1.54) is 6.92 Å². The van der Waals surface area contributed by atoms with E-state index in [-0.39, 0.29) is 11.5 Å². The molecule has 0 amide bonds. The molecule has 0 bridgehead atoms. The molecule has 0 aromatic heterocycles. The van der Waals surface area contributed by atoms with E-state index in [1.807, 2.05) is 0 Å². The molecule has 0 fully saturated rings. The first-order valence-corrected chi connectivity index (χ1v) is 7.66. The van der Waals surface area contributed by atoms with Gasteiger partial charge >= 0.3 is 11.9 Å². The van der Waals surface area contributed by atoms with Crippen molar-refractivity contribution in [1.29, 1.82) is 0 Å². The lowest BCUT2D eigenvalue weighted by Gasteiger charge is -2.24. The van der Waals surface area contributed by atoms with Crippen molar-refractivity contribution in [3.05, 3.63) is 0 Å². The standard InChI is InChI=1S/C9H17N3O5S2/c1-4(10)6(13)9(12,8(16)17)3-19-18-2-5(11)7(14)15/h4-5H,2-3,10-12H2,1H3,(H,14,15)(H,16,17)/t4-,5-,9+/m0/s1. The van der Waals surface area contributed by atoms with Gasteiger partial charge in [0.05, 0.1) is 6.04 Å². The van der Waals surface area contributed by atoms with Gasteiger partial charge in [-0.1, -0.05) is 21.6 Å². The van der Waals surface area contributed by atoms with Crippen LogP contribution in [0, 0.1) is 0 Å². The third kappa shape index (κ3) is 5.37. The van der Waals surface area contributed by atoms with Crippen LogP contribution in [0.15, 0.2) is 0 Å². The predicted molar refractivity (Wildman–Crippen MR) is 73.7 cm³/mol. The molecule has 0 unspecified atom stereocenters. The predicted octanol–water partition coefficient (Wildman–Crippen LogP) is -1.52. The van der Waals surface area contributed by atoms with E-state index in [4.69, 9.17) is 27.4 Å². The molecule has 110 valence electrons. The summed E-state index contributed by atoms with van der Waals surface area (Å²) in [5.41, 5.74) is 14.1. The summed E-state index contributed by atoms with van der Waals surface area (Å²) in [4.78, 5) is 33.2. The lowest BCUT2D eigenvalue weighted by molar-refractivity contribution is -0.147. The topological polar surface area (TPSA) is 170 Å². The number of carbonyl (C=O) groups excluding carboxylic acids is 1. The van der Waals surface area contributed by atoms with Gasteiger partial charge in [-0.3, -0.25) is 9.59 Å². The summed E-state index contributed by atoms with van der Waals surface area (Å²) in [5.74, 6) is -3.56. The van der Waals surface area contributed by atoms with E-state index < -0.39 is 35.3 Å². The quantitative estimate of drug-likeness (QED) is 0.191. The third-order valence-electron chi connectivity index (χ3n) is 2.17. The van der Waals surface area contributed by atoms with Crippen LogP contribution >= 0.6 is 21.6 Å². The van der Waals surface area contributed by atoms with Crippen LogP contribution in [0.5, 0.6) is 0 Å². The normalized spacial score (nSPS) is 17.3. The molecule has 0 aromatic rings. The Labute approximate surface area is 117 Å². The number of Topliss-reactive ketones (excluding diaryl/α,β-unsaturated/α-hetero) is 1. The zero-order chi connectivity index (χ0) is 15.2. The minimum atomic E-state index is -2.08. The molecule has 19 heavy (non-hydrogen) atoms. The van der Waals surface area contributed by atoms with Crippen LogP contribution in [0.3, 0.4) is 0 Å². The van der Waals surface area contributed by atoms with Crippen molar-refractivity contribution < 1.29 is 24.6 Å². The van der Waals surface area contributed by atoms with Crippen molar-refractivity contribution in [1.82, 2.24) is 0 Å². The van der Waals surface area contributed by atoms with Crippen molar-refractivity contribution in [2.24, 2.45) is 17.2 Å². The molecule has 0 saturated carbocycles. The van der Waals surface area contributed by atoms with Gasteiger partial charge in [0.1, 0.15) is 6.04 Å². The molecule has 0 heterocycles. The molecular weight excluding hydrogens is 294 g/mol. The second-order valence-electron chi connectivity index (χ2n) is 3.92. The molecule has 0 aliphatic carbocycles. The maximum Gasteiger partial charge on any atom is 0.332 e. The number of carboxylic acids is 2. The Kier molecular flexibility index (Phi) is 7.37. The summed E-state index contributed by atoms with van der Waals surface area (Å²) in [6.45, 7) is 1.35. The Balaban J connectivity index is 4.43. The summed E-state index contributed by atoms with van der Waals surface area (Å²) < 4.78 is 0. The van der Waals surface area contributed by atoms with Crippen molar-refractivity contribution in [2.45, 2.75) is 24.5 Å². The summed E-state index contributed by atoms with van der Waals surface area (Å²) in [7, 11) is 2.01. The zero-order valence-corrected chi connectivity index (χ0v) is 11.9.